The molecule has 0 bridgehead atoms. The molecule has 3 amide bonds. The fraction of sp³-hybridized carbons (Fsp3) is 0.259. The third kappa shape index (κ3) is 5.70. The van der Waals surface area contributed by atoms with E-state index in [1.807, 2.05) is 55.6 Å². The molecule has 0 radical (unpaired) electrons. The van der Waals surface area contributed by atoms with Crippen LogP contribution in [0.25, 0.3) is 10.9 Å². The van der Waals surface area contributed by atoms with Gasteiger partial charge >= 0.3 is 6.03 Å². The number of likely N-dealkylation sites (N-methyl/N-ethyl adjacent to an activating group) is 1. The Bertz CT molecular complexity index is 1420. The van der Waals surface area contributed by atoms with Gasteiger partial charge in [-0.1, -0.05) is 12.1 Å². The van der Waals surface area contributed by atoms with Crippen LogP contribution in [0.3, 0.4) is 0 Å². The smallest absolute Gasteiger partial charge is 0.323 e. The number of aromatic nitrogens is 3. The minimum Gasteiger partial charge on any atom is -0.380 e. The molecule has 0 saturated carbocycles. The second kappa shape index (κ2) is 10.7. The highest BCUT2D eigenvalue weighted by molar-refractivity contribution is 6.08. The van der Waals surface area contributed by atoms with Crippen LogP contribution in [0.1, 0.15) is 15.9 Å². The maximum atomic E-state index is 13.1. The lowest BCUT2D eigenvalue weighted by atomic mass is 10.1. The number of fused-ring (bicyclic) bond motifs is 1. The Kier molecular flexibility index (Phi) is 7.00. The molecule has 1 aliphatic heterocycles. The van der Waals surface area contributed by atoms with Crippen LogP contribution < -0.4 is 16.0 Å². The van der Waals surface area contributed by atoms with Gasteiger partial charge in [0.1, 0.15) is 5.82 Å². The molecule has 190 valence electrons. The topological polar surface area (TPSA) is 107 Å². The number of nitrogens with one attached hydrogen (secondary N) is 3. The number of anilines is 3. The van der Waals surface area contributed by atoms with E-state index >= 15 is 0 Å². The first kappa shape index (κ1) is 24.3. The zero-order valence-corrected chi connectivity index (χ0v) is 20.9. The molecule has 0 atom stereocenters. The van der Waals surface area contributed by atoms with Crippen LogP contribution in [0, 0.1) is 0 Å². The van der Waals surface area contributed by atoms with Gasteiger partial charge in [0.2, 0.25) is 0 Å². The van der Waals surface area contributed by atoms with Gasteiger partial charge in [-0.25, -0.2) is 9.78 Å². The van der Waals surface area contributed by atoms with Crippen LogP contribution in [-0.4, -0.2) is 69.7 Å². The fourth-order valence-corrected chi connectivity index (χ4v) is 4.30. The van der Waals surface area contributed by atoms with E-state index in [1.165, 1.54) is 0 Å². The number of benzene rings is 2. The number of carbonyl (C=O) groups excluding carboxylic acids is 2. The van der Waals surface area contributed by atoms with Gasteiger partial charge in [0.05, 0.1) is 17.3 Å². The van der Waals surface area contributed by atoms with E-state index < -0.39 is 0 Å². The molecule has 10 heteroatoms. The molecule has 2 aromatic carbocycles. The van der Waals surface area contributed by atoms with Crippen molar-refractivity contribution < 1.29 is 9.59 Å². The van der Waals surface area contributed by atoms with Crippen LogP contribution in [0.4, 0.5) is 22.0 Å². The summed E-state index contributed by atoms with van der Waals surface area (Å²) >= 11 is 0. The van der Waals surface area contributed by atoms with Crippen LogP contribution in [0.2, 0.25) is 0 Å². The third-order valence-electron chi connectivity index (χ3n) is 6.51. The summed E-state index contributed by atoms with van der Waals surface area (Å²) in [6, 6.07) is 16.7. The molecule has 3 heterocycles. The van der Waals surface area contributed by atoms with Gasteiger partial charge in [0.15, 0.2) is 0 Å². The lowest BCUT2D eigenvalue weighted by molar-refractivity contribution is 0.102. The molecule has 10 nitrogen and oxygen atoms in total. The molecular weight excluding hydrogens is 468 g/mol. The number of carbonyl (C=O) groups is 2. The maximum Gasteiger partial charge on any atom is 0.323 e. The largest absolute Gasteiger partial charge is 0.380 e. The minimum atomic E-state index is -0.209. The summed E-state index contributed by atoms with van der Waals surface area (Å²) in [5.74, 6) is 0.291. The second-order valence-corrected chi connectivity index (χ2v) is 9.16. The molecule has 0 aliphatic carbocycles. The summed E-state index contributed by atoms with van der Waals surface area (Å²) in [6.45, 7) is 3.56. The van der Waals surface area contributed by atoms with Crippen molar-refractivity contribution in [2.24, 2.45) is 7.05 Å². The Morgan fingerprint density at radius 3 is 2.59 bits per heavy atom. The van der Waals surface area contributed by atoms with Crippen molar-refractivity contribution in [3.63, 3.8) is 0 Å². The molecule has 0 unspecified atom stereocenters. The number of aryl methyl sites for hydroxylation is 1. The SMILES string of the molecule is CN1CCN(C(=O)Nc2cc(CNc3ccccc3C(=O)Nc3ccc4cnn(C)c4c3)ccn2)CC1. The van der Waals surface area contributed by atoms with E-state index in [1.54, 1.807) is 28.0 Å². The Balaban J connectivity index is 1.23. The molecule has 1 saturated heterocycles. The van der Waals surface area contributed by atoms with Gasteiger partial charge < -0.3 is 20.4 Å². The first-order valence-corrected chi connectivity index (χ1v) is 12.2. The van der Waals surface area contributed by atoms with Crippen LogP contribution >= 0.6 is 0 Å². The summed E-state index contributed by atoms with van der Waals surface area (Å²) in [4.78, 5) is 34.0. The molecule has 0 spiro atoms. The van der Waals surface area contributed by atoms with Crippen molar-refractivity contribution in [3.8, 4) is 0 Å². The highest BCUT2D eigenvalue weighted by Crippen LogP contribution is 2.22. The van der Waals surface area contributed by atoms with Gasteiger partial charge in [0, 0.05) is 62.7 Å². The fourth-order valence-electron chi connectivity index (χ4n) is 4.30. The molecule has 1 aliphatic rings. The lowest BCUT2D eigenvalue weighted by Crippen LogP contribution is -2.48. The summed E-state index contributed by atoms with van der Waals surface area (Å²) < 4.78 is 1.77. The standard InChI is InChI=1S/C27H30N8O2/c1-33-11-13-35(14-12-33)27(37)32-25-15-19(9-10-28-25)17-29-23-6-4-3-5-22(23)26(36)31-21-8-7-20-18-30-34(2)24(20)16-21/h3-10,15-16,18,29H,11-14,17H2,1-2H3,(H,31,36)(H,28,32,37). The number of pyridine rings is 1. The minimum absolute atomic E-state index is 0.142. The summed E-state index contributed by atoms with van der Waals surface area (Å²) in [5, 5.41) is 14.5. The molecule has 2 aromatic heterocycles. The number of hydrogen-bond donors (Lipinski definition) is 3. The normalized spacial score (nSPS) is 13.9. The zero-order chi connectivity index (χ0) is 25.8. The summed E-state index contributed by atoms with van der Waals surface area (Å²) in [5.41, 5.74) is 3.82. The van der Waals surface area contributed by atoms with Crippen LogP contribution in [0.15, 0.2) is 67.0 Å². The number of rotatable bonds is 6. The number of hydrogen-bond acceptors (Lipinski definition) is 6. The van der Waals surface area contributed by atoms with Crippen molar-refractivity contribution in [1.82, 2.24) is 24.6 Å². The quantitative estimate of drug-likeness (QED) is 0.375. The predicted molar refractivity (Wildman–Crippen MR) is 145 cm³/mol. The number of para-hydroxylation sites is 1. The van der Waals surface area contributed by atoms with E-state index in [-0.39, 0.29) is 11.9 Å². The molecule has 4 aromatic rings. The molecule has 37 heavy (non-hydrogen) atoms. The first-order chi connectivity index (χ1) is 18.0. The molecule has 5 rings (SSSR count). The molecule has 3 N–H and O–H groups in total. The van der Waals surface area contributed by atoms with Crippen molar-refractivity contribution >= 4 is 40.0 Å². The van der Waals surface area contributed by atoms with E-state index in [4.69, 9.17) is 0 Å². The number of amides is 3. The average Bonchev–Trinajstić information content (AvgIpc) is 3.28. The van der Waals surface area contributed by atoms with E-state index in [0.717, 1.165) is 29.6 Å². The Labute approximate surface area is 215 Å². The van der Waals surface area contributed by atoms with Gasteiger partial charge in [0.25, 0.3) is 5.91 Å². The number of nitrogens with zero attached hydrogens (tertiary/aromatic N) is 5. The Hall–Kier alpha value is -4.44. The van der Waals surface area contributed by atoms with Crippen molar-refractivity contribution in [2.75, 3.05) is 49.2 Å². The van der Waals surface area contributed by atoms with Crippen molar-refractivity contribution in [3.05, 3.63) is 78.1 Å². The number of piperazine rings is 1. The third-order valence-corrected chi connectivity index (χ3v) is 6.51. The van der Waals surface area contributed by atoms with E-state index in [2.05, 4.69) is 38.0 Å². The van der Waals surface area contributed by atoms with Crippen molar-refractivity contribution in [2.45, 2.75) is 6.54 Å². The van der Waals surface area contributed by atoms with E-state index in [0.29, 0.717) is 42.4 Å². The van der Waals surface area contributed by atoms with E-state index in [9.17, 15) is 9.59 Å². The van der Waals surface area contributed by atoms with Gasteiger partial charge in [-0.3, -0.25) is 14.8 Å². The van der Waals surface area contributed by atoms with Crippen LogP contribution in [0.5, 0.6) is 0 Å². The predicted octanol–water partition coefficient (Wildman–Crippen LogP) is 3.61. The second-order valence-electron chi connectivity index (χ2n) is 9.16. The molecule has 1 fully saturated rings. The highest BCUT2D eigenvalue weighted by Gasteiger charge is 2.19. The first-order valence-electron chi connectivity index (χ1n) is 12.2. The van der Waals surface area contributed by atoms with Crippen LogP contribution in [-0.2, 0) is 13.6 Å². The summed E-state index contributed by atoms with van der Waals surface area (Å²) in [7, 11) is 3.92. The highest BCUT2D eigenvalue weighted by atomic mass is 16.2. The summed E-state index contributed by atoms with van der Waals surface area (Å²) in [6.07, 6.45) is 3.46. The number of urea groups is 1. The average molecular weight is 499 g/mol. The molecular formula is C27H30N8O2. The Morgan fingerprint density at radius 2 is 1.76 bits per heavy atom. The maximum absolute atomic E-state index is 13.1. The van der Waals surface area contributed by atoms with Crippen molar-refractivity contribution in [1.29, 1.82) is 0 Å². The van der Waals surface area contributed by atoms with Gasteiger partial charge in [-0.05, 0) is 55.1 Å². The monoisotopic (exact) mass is 498 g/mol. The van der Waals surface area contributed by atoms with Gasteiger partial charge in [-0.2, -0.15) is 5.10 Å². The zero-order valence-electron chi connectivity index (χ0n) is 20.9. The Morgan fingerprint density at radius 1 is 0.946 bits per heavy atom. The lowest BCUT2D eigenvalue weighted by Gasteiger charge is -2.32. The van der Waals surface area contributed by atoms with Gasteiger partial charge in [-0.15, -0.1) is 0 Å².